The molecule has 1 fully saturated rings. The summed E-state index contributed by atoms with van der Waals surface area (Å²) in [5.74, 6) is 0.626. The average molecular weight is 231 g/mol. The van der Waals surface area contributed by atoms with Gasteiger partial charge in [0, 0.05) is 18.4 Å². The van der Waals surface area contributed by atoms with Crippen LogP contribution in [0.15, 0.2) is 0 Å². The number of aliphatic hydroxyl groups is 1. The van der Waals surface area contributed by atoms with Gasteiger partial charge in [0.2, 0.25) is 5.91 Å². The first-order valence-corrected chi connectivity index (χ1v) is 6.34. The molecule has 0 bridgehead atoms. The van der Waals surface area contributed by atoms with Crippen LogP contribution in [0.5, 0.6) is 0 Å². The molecule has 0 spiro atoms. The molecule has 0 heterocycles. The van der Waals surface area contributed by atoms with Crippen LogP contribution in [0.3, 0.4) is 0 Å². The number of amides is 1. The largest absolute Gasteiger partial charge is 0.396 e. The second-order valence-corrected chi connectivity index (χ2v) is 4.92. The number of hydrogen-bond acceptors (Lipinski definition) is 3. The third-order valence-electron chi connectivity index (χ3n) is 3.25. The normalized spacial score (nSPS) is 19.9. The molecule has 15 heavy (non-hydrogen) atoms. The van der Waals surface area contributed by atoms with Crippen LogP contribution in [0.1, 0.15) is 38.5 Å². The summed E-state index contributed by atoms with van der Waals surface area (Å²) >= 11 is 4.01. The molecule has 0 aromatic carbocycles. The number of aliphatic hydroxyl groups excluding tert-OH is 1. The second-order valence-electron chi connectivity index (χ2n) is 4.47. The van der Waals surface area contributed by atoms with Crippen LogP contribution < -0.4 is 5.32 Å². The van der Waals surface area contributed by atoms with Crippen molar-refractivity contribution in [1.82, 2.24) is 5.32 Å². The van der Waals surface area contributed by atoms with Crippen molar-refractivity contribution in [3.63, 3.8) is 0 Å². The third-order valence-corrected chi connectivity index (χ3v) is 3.47. The molecule has 0 aromatic rings. The Kier molecular flexibility index (Phi) is 5.47. The van der Waals surface area contributed by atoms with Crippen LogP contribution >= 0.6 is 12.6 Å². The number of carbonyl (C=O) groups excluding carboxylic acids is 1. The molecular weight excluding hydrogens is 210 g/mol. The number of hydrogen-bond donors (Lipinski definition) is 3. The maximum atomic E-state index is 11.3. The van der Waals surface area contributed by atoms with E-state index < -0.39 is 0 Å². The van der Waals surface area contributed by atoms with Gasteiger partial charge in [-0.05, 0) is 18.6 Å². The number of carbonyl (C=O) groups is 1. The van der Waals surface area contributed by atoms with Crippen LogP contribution in [0.25, 0.3) is 0 Å². The molecule has 0 atom stereocenters. The van der Waals surface area contributed by atoms with Gasteiger partial charge in [-0.15, -0.1) is 0 Å². The fourth-order valence-electron chi connectivity index (χ4n) is 2.17. The summed E-state index contributed by atoms with van der Waals surface area (Å²) in [5, 5.41) is 12.3. The second kappa shape index (κ2) is 6.38. The third kappa shape index (κ3) is 4.03. The van der Waals surface area contributed by atoms with E-state index >= 15 is 0 Å². The van der Waals surface area contributed by atoms with Gasteiger partial charge in [0.1, 0.15) is 0 Å². The molecule has 0 aliphatic heterocycles. The fourth-order valence-corrected chi connectivity index (χ4v) is 2.37. The molecule has 88 valence electrons. The Balaban J connectivity index is 2.35. The molecule has 1 saturated carbocycles. The van der Waals surface area contributed by atoms with E-state index in [2.05, 4.69) is 17.9 Å². The SMILES string of the molecule is O=C(CCS)NCC1(CO)CCCCC1. The molecule has 0 unspecified atom stereocenters. The maximum Gasteiger partial charge on any atom is 0.220 e. The molecule has 3 nitrogen and oxygen atoms in total. The van der Waals surface area contributed by atoms with E-state index in [1.165, 1.54) is 19.3 Å². The summed E-state index contributed by atoms with van der Waals surface area (Å²) in [6.07, 6.45) is 6.12. The molecule has 4 heteroatoms. The fraction of sp³-hybridized carbons (Fsp3) is 0.909. The van der Waals surface area contributed by atoms with Crippen LogP contribution in [-0.2, 0) is 4.79 Å². The van der Waals surface area contributed by atoms with Crippen LogP contribution in [0.2, 0.25) is 0 Å². The van der Waals surface area contributed by atoms with E-state index in [-0.39, 0.29) is 17.9 Å². The van der Waals surface area contributed by atoms with Crippen molar-refractivity contribution in [3.8, 4) is 0 Å². The summed E-state index contributed by atoms with van der Waals surface area (Å²) < 4.78 is 0. The number of rotatable bonds is 5. The van der Waals surface area contributed by atoms with Gasteiger partial charge in [0.05, 0.1) is 6.61 Å². The first kappa shape index (κ1) is 12.8. The molecule has 1 rings (SSSR count). The smallest absolute Gasteiger partial charge is 0.220 e. The summed E-state index contributed by atoms with van der Waals surface area (Å²) in [6.45, 7) is 0.810. The highest BCUT2D eigenvalue weighted by Gasteiger charge is 2.31. The van der Waals surface area contributed by atoms with Gasteiger partial charge in [-0.1, -0.05) is 19.3 Å². The van der Waals surface area contributed by atoms with Crippen molar-refractivity contribution >= 4 is 18.5 Å². The number of nitrogens with one attached hydrogen (secondary N) is 1. The Morgan fingerprint density at radius 1 is 1.33 bits per heavy atom. The lowest BCUT2D eigenvalue weighted by Gasteiger charge is -2.35. The zero-order chi connectivity index (χ0) is 11.1. The quantitative estimate of drug-likeness (QED) is 0.626. The molecule has 0 saturated heterocycles. The van der Waals surface area contributed by atoms with E-state index in [0.717, 1.165) is 12.8 Å². The summed E-state index contributed by atoms with van der Waals surface area (Å²) in [7, 11) is 0. The first-order valence-electron chi connectivity index (χ1n) is 5.71. The highest BCUT2D eigenvalue weighted by molar-refractivity contribution is 7.80. The highest BCUT2D eigenvalue weighted by Crippen LogP contribution is 2.35. The first-order chi connectivity index (χ1) is 7.22. The summed E-state index contributed by atoms with van der Waals surface area (Å²) in [5.41, 5.74) is -0.0511. The van der Waals surface area contributed by atoms with Gasteiger partial charge in [-0.25, -0.2) is 0 Å². The van der Waals surface area contributed by atoms with Crippen LogP contribution in [0, 0.1) is 5.41 Å². The standard InChI is InChI=1S/C11H21NO2S/c13-9-11(5-2-1-3-6-11)8-12-10(14)4-7-15/h13,15H,1-9H2,(H,12,14). The predicted molar refractivity (Wildman–Crippen MR) is 64.1 cm³/mol. The average Bonchev–Trinajstić information content (AvgIpc) is 2.28. The lowest BCUT2D eigenvalue weighted by molar-refractivity contribution is -0.121. The Bertz CT molecular complexity index is 203. The molecule has 0 aromatic heterocycles. The maximum absolute atomic E-state index is 11.3. The predicted octanol–water partition coefficient (Wildman–Crippen LogP) is 1.37. The van der Waals surface area contributed by atoms with Crippen molar-refractivity contribution in [2.75, 3.05) is 18.9 Å². The monoisotopic (exact) mass is 231 g/mol. The Morgan fingerprint density at radius 2 is 2.00 bits per heavy atom. The van der Waals surface area contributed by atoms with E-state index in [4.69, 9.17) is 0 Å². The van der Waals surface area contributed by atoms with E-state index in [9.17, 15) is 9.90 Å². The van der Waals surface area contributed by atoms with Gasteiger partial charge >= 0.3 is 0 Å². The van der Waals surface area contributed by atoms with Crippen LogP contribution in [-0.4, -0.2) is 29.9 Å². The van der Waals surface area contributed by atoms with Gasteiger partial charge in [0.25, 0.3) is 0 Å². The van der Waals surface area contributed by atoms with Crippen LogP contribution in [0.4, 0.5) is 0 Å². The van der Waals surface area contributed by atoms with Gasteiger partial charge < -0.3 is 10.4 Å². The van der Waals surface area contributed by atoms with Crippen molar-refractivity contribution in [2.45, 2.75) is 38.5 Å². The van der Waals surface area contributed by atoms with Gasteiger partial charge in [-0.3, -0.25) is 4.79 Å². The van der Waals surface area contributed by atoms with Crippen molar-refractivity contribution in [2.24, 2.45) is 5.41 Å². The van der Waals surface area contributed by atoms with E-state index in [1.54, 1.807) is 0 Å². The van der Waals surface area contributed by atoms with Crippen molar-refractivity contribution in [3.05, 3.63) is 0 Å². The van der Waals surface area contributed by atoms with Crippen molar-refractivity contribution in [1.29, 1.82) is 0 Å². The summed E-state index contributed by atoms with van der Waals surface area (Å²) in [6, 6.07) is 0. The zero-order valence-corrected chi connectivity index (χ0v) is 10.1. The molecule has 1 aliphatic carbocycles. The summed E-state index contributed by atoms with van der Waals surface area (Å²) in [4.78, 5) is 11.3. The molecule has 2 N–H and O–H groups in total. The van der Waals surface area contributed by atoms with E-state index in [0.29, 0.717) is 18.7 Å². The lowest BCUT2D eigenvalue weighted by atomic mass is 9.74. The molecule has 0 radical (unpaired) electrons. The van der Waals surface area contributed by atoms with E-state index in [1.807, 2.05) is 0 Å². The highest BCUT2D eigenvalue weighted by atomic mass is 32.1. The lowest BCUT2D eigenvalue weighted by Crippen LogP contribution is -2.41. The zero-order valence-electron chi connectivity index (χ0n) is 9.17. The molecule has 1 amide bonds. The molecule has 1 aliphatic rings. The van der Waals surface area contributed by atoms with Gasteiger partial charge in [0.15, 0.2) is 0 Å². The minimum Gasteiger partial charge on any atom is -0.396 e. The van der Waals surface area contributed by atoms with Gasteiger partial charge in [-0.2, -0.15) is 12.6 Å². The molecular formula is C11H21NO2S. The minimum absolute atomic E-state index is 0.0448. The number of thiol groups is 1. The Labute approximate surface area is 97.0 Å². The minimum atomic E-state index is -0.0511. The Morgan fingerprint density at radius 3 is 2.53 bits per heavy atom. The van der Waals surface area contributed by atoms with Crippen molar-refractivity contribution < 1.29 is 9.90 Å². The topological polar surface area (TPSA) is 49.3 Å². The Hall–Kier alpha value is -0.220.